The molecule has 5 nitrogen and oxygen atoms in total. The Morgan fingerprint density at radius 2 is 1.41 bits per heavy atom. The summed E-state index contributed by atoms with van der Waals surface area (Å²) in [6, 6.07) is 17.6. The van der Waals surface area contributed by atoms with E-state index >= 15 is 0 Å². The van der Waals surface area contributed by atoms with Crippen molar-refractivity contribution in [3.05, 3.63) is 60.3 Å². The predicted molar refractivity (Wildman–Crippen MR) is 128 cm³/mol. The minimum absolute atomic E-state index is 0.504. The lowest BCUT2D eigenvalue weighted by Gasteiger charge is -2.07. The fourth-order valence-electron chi connectivity index (χ4n) is 3.62. The molecule has 4 aromatic rings. The molecule has 5 heteroatoms. The number of aldehydes is 1. The van der Waals surface area contributed by atoms with Gasteiger partial charge in [0.05, 0.1) is 30.0 Å². The Labute approximate surface area is 188 Å². The number of H-pyrrole nitrogens is 1. The zero-order chi connectivity index (χ0) is 22.3. The zero-order valence-electron chi connectivity index (χ0n) is 18.6. The Kier molecular flexibility index (Phi) is 6.95. The number of hydrogen-bond acceptors (Lipinski definition) is 4. The molecule has 0 fully saturated rings. The van der Waals surface area contributed by atoms with Crippen molar-refractivity contribution in [1.29, 1.82) is 0 Å². The van der Waals surface area contributed by atoms with Crippen LogP contribution in [-0.4, -0.2) is 24.5 Å². The highest BCUT2D eigenvalue weighted by Gasteiger charge is 2.18. The number of rotatable bonds is 11. The number of carbonyl (C=O) groups is 1. The van der Waals surface area contributed by atoms with Crippen LogP contribution in [-0.2, 0) is 0 Å². The van der Waals surface area contributed by atoms with Crippen LogP contribution in [0.4, 0.5) is 0 Å². The average Bonchev–Trinajstić information content (AvgIpc) is 3.38. The third kappa shape index (κ3) is 4.72. The molecule has 0 saturated heterocycles. The highest BCUT2D eigenvalue weighted by Crippen LogP contribution is 2.37. The molecular formula is C27H29NO4. The molecule has 2 aromatic heterocycles. The van der Waals surface area contributed by atoms with Gasteiger partial charge >= 0.3 is 0 Å². The van der Waals surface area contributed by atoms with Crippen molar-refractivity contribution >= 4 is 17.4 Å². The van der Waals surface area contributed by atoms with Crippen molar-refractivity contribution in [1.82, 2.24) is 4.98 Å². The maximum absolute atomic E-state index is 11.7. The van der Waals surface area contributed by atoms with Gasteiger partial charge in [0, 0.05) is 11.6 Å². The van der Waals surface area contributed by atoms with Crippen LogP contribution in [0, 0.1) is 0 Å². The second-order valence-electron chi connectivity index (χ2n) is 7.84. The van der Waals surface area contributed by atoms with Crippen LogP contribution < -0.4 is 9.47 Å². The molecule has 1 N–H and O–H groups in total. The maximum atomic E-state index is 11.7. The number of carbonyl (C=O) groups excluding carboxylic acids is 1. The van der Waals surface area contributed by atoms with Crippen molar-refractivity contribution in [2.45, 2.75) is 39.5 Å². The summed E-state index contributed by atoms with van der Waals surface area (Å²) in [4.78, 5) is 14.9. The van der Waals surface area contributed by atoms with E-state index in [9.17, 15) is 4.79 Å². The van der Waals surface area contributed by atoms with Gasteiger partial charge in [-0.15, -0.1) is 0 Å². The SMILES string of the molecule is CCCCOc1ccc(-c2cc3[nH]c(C=O)c(-c4ccc(OCCCC)cc4)c3o2)cc1. The predicted octanol–water partition coefficient (Wildman–Crippen LogP) is 7.27. The summed E-state index contributed by atoms with van der Waals surface area (Å²) in [6.45, 7) is 5.71. The first-order valence-electron chi connectivity index (χ1n) is 11.3. The van der Waals surface area contributed by atoms with Crippen LogP contribution in [0.5, 0.6) is 11.5 Å². The number of furan rings is 1. The van der Waals surface area contributed by atoms with Crippen molar-refractivity contribution in [2.75, 3.05) is 13.2 Å². The Balaban J connectivity index is 1.59. The van der Waals surface area contributed by atoms with Crippen LogP contribution in [0.3, 0.4) is 0 Å². The summed E-state index contributed by atoms with van der Waals surface area (Å²) >= 11 is 0. The molecule has 0 atom stereocenters. The lowest BCUT2D eigenvalue weighted by atomic mass is 10.1. The summed E-state index contributed by atoms with van der Waals surface area (Å²) in [5, 5.41) is 0. The quantitative estimate of drug-likeness (QED) is 0.200. The van der Waals surface area contributed by atoms with Crippen molar-refractivity contribution in [2.24, 2.45) is 0 Å². The number of hydrogen-bond donors (Lipinski definition) is 1. The first-order valence-corrected chi connectivity index (χ1v) is 11.3. The van der Waals surface area contributed by atoms with Crippen LogP contribution in [0.25, 0.3) is 33.6 Å². The first kappa shape index (κ1) is 21.8. The lowest BCUT2D eigenvalue weighted by molar-refractivity contribution is 0.112. The Hall–Kier alpha value is -3.47. The summed E-state index contributed by atoms with van der Waals surface area (Å²) in [7, 11) is 0. The molecule has 0 unspecified atom stereocenters. The summed E-state index contributed by atoms with van der Waals surface area (Å²) in [6.07, 6.45) is 5.10. The van der Waals surface area contributed by atoms with E-state index in [2.05, 4.69) is 18.8 Å². The van der Waals surface area contributed by atoms with Gasteiger partial charge in [-0.25, -0.2) is 0 Å². The smallest absolute Gasteiger partial charge is 0.167 e. The van der Waals surface area contributed by atoms with Gasteiger partial charge < -0.3 is 18.9 Å². The molecule has 2 heterocycles. The maximum Gasteiger partial charge on any atom is 0.167 e. The molecule has 0 amide bonds. The Bertz CT molecular complexity index is 1150. The van der Waals surface area contributed by atoms with E-state index in [-0.39, 0.29) is 0 Å². The number of aromatic nitrogens is 1. The Morgan fingerprint density at radius 1 is 0.844 bits per heavy atom. The van der Waals surface area contributed by atoms with Crippen LogP contribution in [0.15, 0.2) is 59.0 Å². The number of nitrogens with one attached hydrogen (secondary N) is 1. The third-order valence-corrected chi connectivity index (χ3v) is 5.43. The van der Waals surface area contributed by atoms with Gasteiger partial charge in [-0.2, -0.15) is 0 Å². The highest BCUT2D eigenvalue weighted by molar-refractivity contribution is 6.02. The third-order valence-electron chi connectivity index (χ3n) is 5.43. The van der Waals surface area contributed by atoms with Crippen molar-refractivity contribution in [3.8, 4) is 33.9 Å². The average molecular weight is 432 g/mol. The van der Waals surface area contributed by atoms with Crippen molar-refractivity contribution < 1.29 is 18.7 Å². The minimum atomic E-state index is 0.504. The number of unbranched alkanes of at least 4 members (excludes halogenated alkanes) is 2. The van der Waals surface area contributed by atoms with E-state index in [0.717, 1.165) is 78.0 Å². The minimum Gasteiger partial charge on any atom is -0.494 e. The highest BCUT2D eigenvalue weighted by atomic mass is 16.5. The van der Waals surface area contributed by atoms with E-state index in [1.54, 1.807) is 0 Å². The zero-order valence-corrected chi connectivity index (χ0v) is 18.6. The molecule has 4 rings (SSSR count). The molecule has 0 bridgehead atoms. The molecule has 2 aromatic carbocycles. The van der Waals surface area contributed by atoms with Gasteiger partial charge in [-0.05, 0) is 54.8 Å². The lowest BCUT2D eigenvalue weighted by Crippen LogP contribution is -1.96. The van der Waals surface area contributed by atoms with E-state index in [0.29, 0.717) is 17.9 Å². The largest absolute Gasteiger partial charge is 0.494 e. The van der Waals surface area contributed by atoms with E-state index in [4.69, 9.17) is 13.9 Å². The molecule has 166 valence electrons. The number of benzene rings is 2. The van der Waals surface area contributed by atoms with Gasteiger partial charge in [0.2, 0.25) is 0 Å². The van der Waals surface area contributed by atoms with Crippen LogP contribution in [0.2, 0.25) is 0 Å². The van der Waals surface area contributed by atoms with Gasteiger partial charge in [0.25, 0.3) is 0 Å². The fourth-order valence-corrected chi connectivity index (χ4v) is 3.62. The van der Waals surface area contributed by atoms with Gasteiger partial charge in [0.1, 0.15) is 17.3 Å². The van der Waals surface area contributed by atoms with E-state index < -0.39 is 0 Å². The Morgan fingerprint density at radius 3 is 1.94 bits per heavy atom. The number of fused-ring (bicyclic) bond motifs is 1. The van der Waals surface area contributed by atoms with Gasteiger partial charge in [-0.3, -0.25) is 4.79 Å². The molecule has 0 radical (unpaired) electrons. The summed E-state index contributed by atoms with van der Waals surface area (Å²) in [5.74, 6) is 2.41. The molecule has 0 spiro atoms. The molecule has 0 aliphatic carbocycles. The molecule has 0 aliphatic rings. The second kappa shape index (κ2) is 10.2. The van der Waals surface area contributed by atoms with Crippen LogP contribution in [0.1, 0.15) is 50.0 Å². The standard InChI is InChI=1S/C27H29NO4/c1-3-5-15-30-21-11-7-19(8-12-21)25-17-23-27(32-25)26(24(18-29)28-23)20-9-13-22(14-10-20)31-16-6-4-2/h7-14,17-18,28H,3-6,15-16H2,1-2H3. The first-order chi connectivity index (χ1) is 15.7. The topological polar surface area (TPSA) is 64.5 Å². The van der Waals surface area contributed by atoms with Crippen LogP contribution >= 0.6 is 0 Å². The van der Waals surface area contributed by atoms with Gasteiger partial charge in [0.15, 0.2) is 11.9 Å². The second-order valence-corrected chi connectivity index (χ2v) is 7.84. The molecule has 0 aliphatic heterocycles. The van der Waals surface area contributed by atoms with E-state index in [1.807, 2.05) is 54.6 Å². The molecule has 32 heavy (non-hydrogen) atoms. The number of aromatic amines is 1. The monoisotopic (exact) mass is 431 g/mol. The molecular weight excluding hydrogens is 402 g/mol. The normalized spacial score (nSPS) is 11.1. The van der Waals surface area contributed by atoms with E-state index in [1.165, 1.54) is 0 Å². The molecule has 0 saturated carbocycles. The number of ether oxygens (including phenoxy) is 2. The summed E-state index contributed by atoms with van der Waals surface area (Å²) in [5.41, 5.74) is 4.59. The summed E-state index contributed by atoms with van der Waals surface area (Å²) < 4.78 is 17.7. The van der Waals surface area contributed by atoms with Gasteiger partial charge in [-0.1, -0.05) is 38.8 Å². The van der Waals surface area contributed by atoms with Crippen molar-refractivity contribution in [3.63, 3.8) is 0 Å². The fraction of sp³-hybridized carbons (Fsp3) is 0.296.